The molecule has 0 aliphatic carbocycles. The summed E-state index contributed by atoms with van der Waals surface area (Å²) in [6, 6.07) is 5.24. The van der Waals surface area contributed by atoms with Gasteiger partial charge in [-0.25, -0.2) is 22.9 Å². The van der Waals surface area contributed by atoms with Gasteiger partial charge in [-0.2, -0.15) is 0 Å². The minimum atomic E-state index is -3.71. The summed E-state index contributed by atoms with van der Waals surface area (Å²) >= 11 is 1.45. The van der Waals surface area contributed by atoms with Gasteiger partial charge in [-0.3, -0.25) is 0 Å². The van der Waals surface area contributed by atoms with Crippen LogP contribution in [0.4, 0.5) is 0 Å². The lowest BCUT2D eigenvalue weighted by atomic mass is 10.2. The van der Waals surface area contributed by atoms with E-state index in [1.807, 2.05) is 5.38 Å². The van der Waals surface area contributed by atoms with E-state index in [0.29, 0.717) is 6.42 Å². The zero-order chi connectivity index (χ0) is 14.6. The van der Waals surface area contributed by atoms with Gasteiger partial charge in [0.2, 0.25) is 10.0 Å². The standard InChI is InChI=1S/C12H12N2O4S2/c15-12(16)9-2-1-3-11(6-9)20(17,18)14-5-4-10-7-19-8-13-10/h1-3,6-8,14H,4-5H2,(H,15,16). The molecule has 1 aromatic heterocycles. The van der Waals surface area contributed by atoms with E-state index >= 15 is 0 Å². The highest BCUT2D eigenvalue weighted by molar-refractivity contribution is 7.89. The molecule has 0 aliphatic rings. The lowest BCUT2D eigenvalue weighted by molar-refractivity contribution is 0.0696. The van der Waals surface area contributed by atoms with E-state index in [4.69, 9.17) is 5.11 Å². The van der Waals surface area contributed by atoms with E-state index in [2.05, 4.69) is 9.71 Å². The SMILES string of the molecule is O=C(O)c1cccc(S(=O)(=O)NCCc2cscn2)c1. The number of nitrogens with zero attached hydrogens (tertiary/aromatic N) is 1. The summed E-state index contributed by atoms with van der Waals surface area (Å²) in [7, 11) is -3.71. The number of nitrogens with one attached hydrogen (secondary N) is 1. The summed E-state index contributed by atoms with van der Waals surface area (Å²) in [4.78, 5) is 14.8. The largest absolute Gasteiger partial charge is 0.478 e. The number of carboxylic acid groups (broad SMARTS) is 1. The van der Waals surface area contributed by atoms with Crippen LogP contribution in [0.1, 0.15) is 16.1 Å². The second-order valence-corrected chi connectivity index (χ2v) is 6.45. The van der Waals surface area contributed by atoms with Gasteiger partial charge in [0.15, 0.2) is 0 Å². The van der Waals surface area contributed by atoms with Crippen molar-refractivity contribution in [1.29, 1.82) is 0 Å². The molecule has 8 heteroatoms. The molecule has 0 fully saturated rings. The Hall–Kier alpha value is -1.77. The molecule has 6 nitrogen and oxygen atoms in total. The molecule has 2 aromatic rings. The third-order valence-electron chi connectivity index (χ3n) is 2.55. The van der Waals surface area contributed by atoms with Crippen molar-refractivity contribution in [3.8, 4) is 0 Å². The number of aromatic carboxylic acids is 1. The molecule has 0 aliphatic heterocycles. The lowest BCUT2D eigenvalue weighted by Gasteiger charge is -2.06. The highest BCUT2D eigenvalue weighted by atomic mass is 32.2. The number of sulfonamides is 1. The number of hydrogen-bond donors (Lipinski definition) is 2. The fraction of sp³-hybridized carbons (Fsp3) is 0.167. The molecule has 0 saturated carbocycles. The quantitative estimate of drug-likeness (QED) is 0.839. The predicted molar refractivity (Wildman–Crippen MR) is 74.4 cm³/mol. The van der Waals surface area contributed by atoms with Crippen molar-refractivity contribution in [2.45, 2.75) is 11.3 Å². The number of thiazole rings is 1. The molecule has 2 rings (SSSR count). The highest BCUT2D eigenvalue weighted by Gasteiger charge is 2.15. The van der Waals surface area contributed by atoms with Crippen LogP contribution >= 0.6 is 11.3 Å². The van der Waals surface area contributed by atoms with E-state index in [1.165, 1.54) is 29.5 Å². The van der Waals surface area contributed by atoms with Crippen molar-refractivity contribution in [3.05, 3.63) is 46.4 Å². The van der Waals surface area contributed by atoms with Crippen LogP contribution in [0.3, 0.4) is 0 Å². The second kappa shape index (κ2) is 6.12. The fourth-order valence-electron chi connectivity index (χ4n) is 1.55. The molecule has 0 radical (unpaired) electrons. The van der Waals surface area contributed by atoms with Crippen molar-refractivity contribution in [1.82, 2.24) is 9.71 Å². The molecule has 106 valence electrons. The van der Waals surface area contributed by atoms with Gasteiger partial charge < -0.3 is 5.11 Å². The van der Waals surface area contributed by atoms with Gasteiger partial charge >= 0.3 is 5.97 Å². The Labute approximate surface area is 120 Å². The minimum absolute atomic E-state index is 0.0596. The molecule has 0 saturated heterocycles. The van der Waals surface area contributed by atoms with Crippen LogP contribution in [0.15, 0.2) is 40.1 Å². The van der Waals surface area contributed by atoms with Crippen molar-refractivity contribution in [3.63, 3.8) is 0 Å². The Morgan fingerprint density at radius 3 is 2.85 bits per heavy atom. The molecule has 0 amide bonds. The normalized spacial score (nSPS) is 11.4. The molecule has 1 aromatic carbocycles. The van der Waals surface area contributed by atoms with Gasteiger partial charge in [0.05, 0.1) is 21.7 Å². The topological polar surface area (TPSA) is 96.4 Å². The van der Waals surface area contributed by atoms with Crippen LogP contribution in [0, 0.1) is 0 Å². The zero-order valence-electron chi connectivity index (χ0n) is 10.3. The summed E-state index contributed by atoms with van der Waals surface area (Å²) in [5, 5.41) is 10.7. The molecule has 0 bridgehead atoms. The maximum atomic E-state index is 12.0. The summed E-state index contributed by atoms with van der Waals surface area (Å²) in [5.74, 6) is -1.16. The number of rotatable bonds is 6. The Morgan fingerprint density at radius 1 is 1.40 bits per heavy atom. The van der Waals surface area contributed by atoms with Crippen LogP contribution in [0.5, 0.6) is 0 Å². The summed E-state index contributed by atoms with van der Waals surface area (Å²) in [6.45, 7) is 0.212. The van der Waals surface area contributed by atoms with Crippen LogP contribution < -0.4 is 4.72 Å². The lowest BCUT2D eigenvalue weighted by Crippen LogP contribution is -2.26. The first-order valence-electron chi connectivity index (χ1n) is 5.69. The van der Waals surface area contributed by atoms with E-state index in [9.17, 15) is 13.2 Å². The molecule has 20 heavy (non-hydrogen) atoms. The highest BCUT2D eigenvalue weighted by Crippen LogP contribution is 2.11. The molecule has 0 atom stereocenters. The minimum Gasteiger partial charge on any atom is -0.478 e. The van der Waals surface area contributed by atoms with E-state index in [1.54, 1.807) is 5.51 Å². The summed E-state index contributed by atoms with van der Waals surface area (Å²) in [5.41, 5.74) is 2.43. The molecule has 0 unspecified atom stereocenters. The molecule has 0 spiro atoms. The van der Waals surface area contributed by atoms with E-state index < -0.39 is 16.0 Å². The first-order valence-corrected chi connectivity index (χ1v) is 8.12. The molecular weight excluding hydrogens is 300 g/mol. The molecular formula is C12H12N2O4S2. The van der Waals surface area contributed by atoms with Crippen molar-refractivity contribution in [2.75, 3.05) is 6.54 Å². The number of aromatic nitrogens is 1. The average Bonchev–Trinajstić information content (AvgIpc) is 2.92. The number of hydrogen-bond acceptors (Lipinski definition) is 5. The third kappa shape index (κ3) is 3.62. The second-order valence-electron chi connectivity index (χ2n) is 3.96. The van der Waals surface area contributed by atoms with Gasteiger partial charge in [0, 0.05) is 18.3 Å². The van der Waals surface area contributed by atoms with Crippen LogP contribution in [0.25, 0.3) is 0 Å². The monoisotopic (exact) mass is 312 g/mol. The van der Waals surface area contributed by atoms with E-state index in [-0.39, 0.29) is 17.0 Å². The van der Waals surface area contributed by atoms with Gasteiger partial charge in [0.25, 0.3) is 0 Å². The predicted octanol–water partition coefficient (Wildman–Crippen LogP) is 1.36. The summed E-state index contributed by atoms with van der Waals surface area (Å²) < 4.78 is 26.5. The van der Waals surface area contributed by atoms with Crippen LogP contribution in [-0.4, -0.2) is 31.0 Å². The van der Waals surface area contributed by atoms with Gasteiger partial charge in [-0.1, -0.05) is 6.07 Å². The van der Waals surface area contributed by atoms with Crippen LogP contribution in [0.2, 0.25) is 0 Å². The third-order valence-corrected chi connectivity index (χ3v) is 4.64. The fourth-order valence-corrected chi connectivity index (χ4v) is 3.22. The van der Waals surface area contributed by atoms with Crippen molar-refractivity contribution in [2.24, 2.45) is 0 Å². The van der Waals surface area contributed by atoms with Gasteiger partial charge in [0.1, 0.15) is 0 Å². The molecule has 2 N–H and O–H groups in total. The first-order chi connectivity index (χ1) is 9.49. The van der Waals surface area contributed by atoms with E-state index in [0.717, 1.165) is 11.8 Å². The Balaban J connectivity index is 2.06. The van der Waals surface area contributed by atoms with Gasteiger partial charge in [-0.15, -0.1) is 11.3 Å². The van der Waals surface area contributed by atoms with Crippen molar-refractivity contribution < 1.29 is 18.3 Å². The number of carbonyl (C=O) groups is 1. The first kappa shape index (κ1) is 14.6. The van der Waals surface area contributed by atoms with Crippen LogP contribution in [-0.2, 0) is 16.4 Å². The maximum absolute atomic E-state index is 12.0. The average molecular weight is 312 g/mol. The Morgan fingerprint density at radius 2 is 2.20 bits per heavy atom. The number of carboxylic acids is 1. The smallest absolute Gasteiger partial charge is 0.335 e. The maximum Gasteiger partial charge on any atom is 0.335 e. The number of benzene rings is 1. The Bertz CT molecular complexity index is 696. The Kier molecular flexibility index (Phi) is 4.48. The molecule has 1 heterocycles. The summed E-state index contributed by atoms with van der Waals surface area (Å²) in [6.07, 6.45) is 0.487. The zero-order valence-corrected chi connectivity index (χ0v) is 11.9. The van der Waals surface area contributed by atoms with Crippen molar-refractivity contribution >= 4 is 27.3 Å². The van der Waals surface area contributed by atoms with Gasteiger partial charge in [-0.05, 0) is 18.2 Å².